The van der Waals surface area contributed by atoms with Crippen LogP contribution in [0, 0.1) is 0 Å². The van der Waals surface area contributed by atoms with Crippen LogP contribution in [0.3, 0.4) is 0 Å². The molecule has 0 saturated heterocycles. The smallest absolute Gasteiger partial charge is 0.0161 e. The van der Waals surface area contributed by atoms with Gasteiger partial charge < -0.3 is 11.1 Å². The van der Waals surface area contributed by atoms with E-state index in [0.29, 0.717) is 6.04 Å². The molecule has 0 fully saturated rings. The Balaban J connectivity index is 2.99. The molecule has 0 aliphatic carbocycles. The van der Waals surface area contributed by atoms with Crippen LogP contribution in [0.2, 0.25) is 0 Å². The minimum absolute atomic E-state index is 0.477. The van der Waals surface area contributed by atoms with Crippen molar-refractivity contribution in [2.45, 2.75) is 142 Å². The highest BCUT2D eigenvalue weighted by molar-refractivity contribution is 4.60. The van der Waals surface area contributed by atoms with Crippen molar-refractivity contribution in [1.82, 2.24) is 5.32 Å². The molecule has 0 amide bonds. The molecule has 1 atom stereocenters. The second-order valence-electron chi connectivity index (χ2n) is 8.45. The van der Waals surface area contributed by atoms with Gasteiger partial charge in [-0.1, -0.05) is 122 Å². The highest BCUT2D eigenvalue weighted by atomic mass is 14.9. The van der Waals surface area contributed by atoms with E-state index in [1.165, 1.54) is 122 Å². The summed E-state index contributed by atoms with van der Waals surface area (Å²) in [4.78, 5) is 0. The van der Waals surface area contributed by atoms with Gasteiger partial charge in [0.1, 0.15) is 0 Å². The van der Waals surface area contributed by atoms with Gasteiger partial charge in [-0.25, -0.2) is 0 Å². The van der Waals surface area contributed by atoms with Crippen molar-refractivity contribution in [1.29, 1.82) is 0 Å². The lowest BCUT2D eigenvalue weighted by atomic mass is 10.0. The first kappa shape index (κ1) is 25.9. The van der Waals surface area contributed by atoms with Crippen LogP contribution in [0.15, 0.2) is 0 Å². The van der Waals surface area contributed by atoms with Crippen LogP contribution >= 0.6 is 0 Å². The fraction of sp³-hybridized carbons (Fsp3) is 1.00. The van der Waals surface area contributed by atoms with E-state index in [1.807, 2.05) is 0 Å². The zero-order chi connectivity index (χ0) is 19.1. The molecule has 0 radical (unpaired) electrons. The van der Waals surface area contributed by atoms with Crippen molar-refractivity contribution >= 4 is 0 Å². The van der Waals surface area contributed by atoms with Crippen LogP contribution in [-0.4, -0.2) is 19.1 Å². The molecule has 0 heterocycles. The molecular formula is C24H52N2. The number of unbranched alkanes of at least 4 members (excludes halogenated alkanes) is 18. The van der Waals surface area contributed by atoms with Gasteiger partial charge in [0.2, 0.25) is 0 Å². The number of hydrogen-bond acceptors (Lipinski definition) is 2. The molecule has 0 rings (SSSR count). The number of hydrogen-bond donors (Lipinski definition) is 2. The normalized spacial score (nSPS) is 12.6. The molecule has 0 aliphatic heterocycles. The number of nitrogens with one attached hydrogen (secondary N) is 1. The average molecular weight is 369 g/mol. The maximum Gasteiger partial charge on any atom is 0.0161 e. The molecule has 3 N–H and O–H groups in total. The molecule has 0 bridgehead atoms. The van der Waals surface area contributed by atoms with Crippen molar-refractivity contribution in [2.24, 2.45) is 5.73 Å². The Labute approximate surface area is 166 Å². The molecule has 2 heteroatoms. The minimum Gasteiger partial charge on any atom is -0.329 e. The van der Waals surface area contributed by atoms with Gasteiger partial charge in [0, 0.05) is 12.6 Å². The van der Waals surface area contributed by atoms with E-state index >= 15 is 0 Å². The van der Waals surface area contributed by atoms with Gasteiger partial charge in [-0.15, -0.1) is 0 Å². The fourth-order valence-electron chi connectivity index (χ4n) is 3.64. The molecule has 26 heavy (non-hydrogen) atoms. The summed E-state index contributed by atoms with van der Waals surface area (Å²) in [6.45, 7) is 6.34. The highest BCUT2D eigenvalue weighted by Gasteiger charge is 1.97. The van der Waals surface area contributed by atoms with E-state index in [1.54, 1.807) is 0 Å². The summed E-state index contributed by atoms with van der Waals surface area (Å²) in [5.74, 6) is 0. The van der Waals surface area contributed by atoms with Crippen LogP contribution in [-0.2, 0) is 0 Å². The topological polar surface area (TPSA) is 38.0 Å². The molecule has 0 aromatic heterocycles. The highest BCUT2D eigenvalue weighted by Crippen LogP contribution is 2.14. The monoisotopic (exact) mass is 368 g/mol. The van der Waals surface area contributed by atoms with Crippen LogP contribution in [0.25, 0.3) is 0 Å². The number of rotatable bonds is 22. The maximum atomic E-state index is 5.59. The Bertz CT molecular complexity index is 242. The third-order valence-electron chi connectivity index (χ3n) is 5.63. The molecule has 0 spiro atoms. The van der Waals surface area contributed by atoms with Gasteiger partial charge in [0.05, 0.1) is 0 Å². The molecule has 0 saturated carbocycles. The van der Waals surface area contributed by atoms with Gasteiger partial charge in [-0.3, -0.25) is 0 Å². The number of nitrogens with two attached hydrogens (primary N) is 1. The Kier molecular flexibility index (Phi) is 22.9. The van der Waals surface area contributed by atoms with Crippen LogP contribution in [0.1, 0.15) is 136 Å². The van der Waals surface area contributed by atoms with E-state index in [2.05, 4.69) is 19.2 Å². The van der Waals surface area contributed by atoms with Gasteiger partial charge in [0.15, 0.2) is 0 Å². The van der Waals surface area contributed by atoms with Gasteiger partial charge >= 0.3 is 0 Å². The van der Waals surface area contributed by atoms with Gasteiger partial charge in [-0.05, 0) is 19.9 Å². The van der Waals surface area contributed by atoms with Crippen LogP contribution in [0.5, 0.6) is 0 Å². The molecule has 2 nitrogen and oxygen atoms in total. The summed E-state index contributed by atoms with van der Waals surface area (Å²) in [7, 11) is 0. The molecule has 0 aromatic carbocycles. The Morgan fingerprint density at radius 2 is 0.846 bits per heavy atom. The first-order chi connectivity index (χ1) is 12.8. The Morgan fingerprint density at radius 3 is 1.15 bits per heavy atom. The summed E-state index contributed by atoms with van der Waals surface area (Å²) in [6, 6.07) is 0.477. The molecule has 158 valence electrons. The minimum atomic E-state index is 0.477. The van der Waals surface area contributed by atoms with Gasteiger partial charge in [-0.2, -0.15) is 0 Å². The predicted molar refractivity (Wildman–Crippen MR) is 120 cm³/mol. The third kappa shape index (κ3) is 22.0. The fourth-order valence-corrected chi connectivity index (χ4v) is 3.64. The second-order valence-corrected chi connectivity index (χ2v) is 8.45. The van der Waals surface area contributed by atoms with Crippen molar-refractivity contribution in [3.8, 4) is 0 Å². The lowest BCUT2D eigenvalue weighted by Crippen LogP contribution is -2.33. The zero-order valence-corrected chi connectivity index (χ0v) is 18.5. The van der Waals surface area contributed by atoms with Crippen molar-refractivity contribution in [3.63, 3.8) is 0 Å². The van der Waals surface area contributed by atoms with Gasteiger partial charge in [0.25, 0.3) is 0 Å². The van der Waals surface area contributed by atoms with E-state index in [-0.39, 0.29) is 0 Å². The van der Waals surface area contributed by atoms with Crippen molar-refractivity contribution < 1.29 is 0 Å². The lowest BCUT2D eigenvalue weighted by Gasteiger charge is -2.10. The molecular weight excluding hydrogens is 316 g/mol. The standard InChI is InChI=1S/C24H52N2/c1-3-4-5-6-7-8-9-10-11-12-13-14-15-16-17-18-19-20-21-22-26-24(2)23-25/h24,26H,3-23,25H2,1-2H3. The maximum absolute atomic E-state index is 5.59. The summed E-state index contributed by atoms with van der Waals surface area (Å²) < 4.78 is 0. The quantitative estimate of drug-likeness (QED) is 0.196. The summed E-state index contributed by atoms with van der Waals surface area (Å²) in [5.41, 5.74) is 5.59. The first-order valence-corrected chi connectivity index (χ1v) is 12.2. The largest absolute Gasteiger partial charge is 0.329 e. The van der Waals surface area contributed by atoms with Crippen LogP contribution < -0.4 is 11.1 Å². The summed E-state index contributed by atoms with van der Waals surface area (Å²) in [6.07, 6.45) is 27.5. The Hall–Kier alpha value is -0.0800. The average Bonchev–Trinajstić information content (AvgIpc) is 2.66. The summed E-state index contributed by atoms with van der Waals surface area (Å²) in [5, 5.41) is 3.46. The lowest BCUT2D eigenvalue weighted by molar-refractivity contribution is 0.506. The SMILES string of the molecule is CCCCCCCCCCCCCCCCCCCCCNC(C)CN. The second kappa shape index (κ2) is 23.0. The molecule has 1 unspecified atom stereocenters. The van der Waals surface area contributed by atoms with E-state index < -0.39 is 0 Å². The van der Waals surface area contributed by atoms with E-state index in [0.717, 1.165) is 13.1 Å². The predicted octanol–water partition coefficient (Wildman–Crippen LogP) is 7.36. The van der Waals surface area contributed by atoms with E-state index in [9.17, 15) is 0 Å². The Morgan fingerprint density at radius 1 is 0.538 bits per heavy atom. The van der Waals surface area contributed by atoms with E-state index in [4.69, 9.17) is 5.73 Å². The zero-order valence-electron chi connectivity index (χ0n) is 18.5. The first-order valence-electron chi connectivity index (χ1n) is 12.2. The van der Waals surface area contributed by atoms with Crippen LogP contribution in [0.4, 0.5) is 0 Å². The molecule has 0 aliphatic rings. The summed E-state index contributed by atoms with van der Waals surface area (Å²) >= 11 is 0. The van der Waals surface area contributed by atoms with Crippen molar-refractivity contribution in [2.75, 3.05) is 13.1 Å². The third-order valence-corrected chi connectivity index (χ3v) is 5.63. The molecule has 0 aromatic rings. The van der Waals surface area contributed by atoms with Crippen molar-refractivity contribution in [3.05, 3.63) is 0 Å².